The Bertz CT molecular complexity index is 374. The lowest BCUT2D eigenvalue weighted by Crippen LogP contribution is -2.57. The summed E-state index contributed by atoms with van der Waals surface area (Å²) in [6.45, 7) is 5.70. The van der Waals surface area contributed by atoms with Crippen LogP contribution in [0.2, 0.25) is 0 Å². The van der Waals surface area contributed by atoms with E-state index >= 15 is 0 Å². The van der Waals surface area contributed by atoms with Gasteiger partial charge in [0.25, 0.3) is 0 Å². The summed E-state index contributed by atoms with van der Waals surface area (Å²) in [5, 5.41) is 40.9. The van der Waals surface area contributed by atoms with Crippen LogP contribution in [0.15, 0.2) is 0 Å². The number of hydrogen-bond donors (Lipinski definition) is 4. The Hall–Kier alpha value is -0.240. The van der Waals surface area contributed by atoms with E-state index in [-0.39, 0.29) is 30.0 Å². The Morgan fingerprint density at radius 2 is 1.52 bits per heavy atom. The van der Waals surface area contributed by atoms with Gasteiger partial charge in [0.2, 0.25) is 0 Å². The molecule has 10 atom stereocenters. The van der Waals surface area contributed by atoms with Crippen molar-refractivity contribution in [1.29, 1.82) is 0 Å². The van der Waals surface area contributed by atoms with Gasteiger partial charge in [-0.25, -0.2) is 0 Å². The lowest BCUT2D eigenvalue weighted by atomic mass is 9.74. The first-order chi connectivity index (χ1) is 10.8. The highest BCUT2D eigenvalue weighted by Crippen LogP contribution is 2.37. The quantitative estimate of drug-likeness (QED) is 0.591. The van der Waals surface area contributed by atoms with E-state index in [2.05, 4.69) is 0 Å². The molecule has 0 radical (unpaired) electrons. The first kappa shape index (κ1) is 19.1. The lowest BCUT2D eigenvalue weighted by molar-refractivity contribution is -0.216. The zero-order chi connectivity index (χ0) is 17.3. The van der Waals surface area contributed by atoms with Gasteiger partial charge in [-0.05, 0) is 12.3 Å². The Morgan fingerprint density at radius 3 is 2.09 bits per heavy atom. The Labute approximate surface area is 138 Å². The average molecular weight is 332 g/mol. The van der Waals surface area contributed by atoms with Crippen molar-refractivity contribution in [2.75, 3.05) is 7.11 Å². The van der Waals surface area contributed by atoms with Crippen molar-refractivity contribution in [3.63, 3.8) is 0 Å². The Balaban J connectivity index is 2.11. The van der Waals surface area contributed by atoms with Gasteiger partial charge in [0, 0.05) is 25.4 Å². The van der Waals surface area contributed by atoms with Crippen LogP contribution in [0.3, 0.4) is 0 Å². The molecule has 0 bridgehead atoms. The fourth-order valence-electron chi connectivity index (χ4n) is 4.01. The molecule has 0 spiro atoms. The number of aliphatic hydroxyl groups excluding tert-OH is 4. The molecule has 0 amide bonds. The van der Waals surface area contributed by atoms with Crippen LogP contribution in [0, 0.1) is 17.8 Å². The average Bonchev–Trinajstić information content (AvgIpc) is 2.55. The smallest absolute Gasteiger partial charge is 0.106 e. The summed E-state index contributed by atoms with van der Waals surface area (Å²) in [4.78, 5) is 0. The number of aliphatic hydroxyl groups is 4. The van der Waals surface area contributed by atoms with E-state index in [1.165, 1.54) is 7.11 Å². The van der Waals surface area contributed by atoms with Crippen molar-refractivity contribution in [2.24, 2.45) is 17.8 Å². The fraction of sp³-hybridized carbons (Fsp3) is 1.00. The second kappa shape index (κ2) is 7.76. The predicted molar refractivity (Wildman–Crippen MR) is 84.8 cm³/mol. The molecule has 0 unspecified atom stereocenters. The van der Waals surface area contributed by atoms with Gasteiger partial charge < -0.3 is 29.9 Å². The summed E-state index contributed by atoms with van der Waals surface area (Å²) in [7, 11) is 1.51. The van der Waals surface area contributed by atoms with Gasteiger partial charge in [-0.3, -0.25) is 0 Å². The molecular formula is C17H32O6. The first-order valence-electron chi connectivity index (χ1n) is 8.72. The zero-order valence-electron chi connectivity index (χ0n) is 14.5. The van der Waals surface area contributed by atoms with Gasteiger partial charge in [0.05, 0.1) is 36.6 Å². The van der Waals surface area contributed by atoms with Gasteiger partial charge in [-0.15, -0.1) is 0 Å². The highest BCUT2D eigenvalue weighted by atomic mass is 16.5. The van der Waals surface area contributed by atoms with E-state index in [4.69, 9.17) is 9.47 Å². The largest absolute Gasteiger partial charge is 0.393 e. The molecule has 6 heteroatoms. The molecule has 2 fully saturated rings. The van der Waals surface area contributed by atoms with E-state index in [0.717, 1.165) is 6.42 Å². The second-order valence-corrected chi connectivity index (χ2v) is 7.31. The summed E-state index contributed by atoms with van der Waals surface area (Å²) >= 11 is 0. The highest BCUT2D eigenvalue weighted by molar-refractivity contribution is 4.96. The predicted octanol–water partition coefficient (Wildman–Crippen LogP) is 0.305. The molecule has 136 valence electrons. The standard InChI is InChI=1S/C17H32O6/c1-5-10-6-11(18)8(2)15(20)17(10)23-12-7-13(22-4)16(21)14(19)9(12)3/h8-21H,5-7H2,1-4H3/t8-,9-,10-,11+,12+,13-,14+,15+,16+,17+/m0/s1. The van der Waals surface area contributed by atoms with Gasteiger partial charge in [-0.1, -0.05) is 27.2 Å². The van der Waals surface area contributed by atoms with Gasteiger partial charge in [-0.2, -0.15) is 0 Å². The molecule has 2 aliphatic rings. The van der Waals surface area contributed by atoms with Crippen molar-refractivity contribution in [3.8, 4) is 0 Å². The topological polar surface area (TPSA) is 99.4 Å². The van der Waals surface area contributed by atoms with Crippen LogP contribution in [0.25, 0.3) is 0 Å². The van der Waals surface area contributed by atoms with Gasteiger partial charge >= 0.3 is 0 Å². The minimum atomic E-state index is -0.922. The summed E-state index contributed by atoms with van der Waals surface area (Å²) < 4.78 is 11.5. The lowest BCUT2D eigenvalue weighted by Gasteiger charge is -2.47. The maximum Gasteiger partial charge on any atom is 0.106 e. The highest BCUT2D eigenvalue weighted by Gasteiger charge is 2.47. The van der Waals surface area contributed by atoms with Crippen molar-refractivity contribution in [2.45, 2.75) is 82.8 Å². The number of ether oxygens (including phenoxy) is 2. The third-order valence-electron chi connectivity index (χ3n) is 5.97. The number of rotatable bonds is 4. The molecule has 0 saturated heterocycles. The molecule has 2 saturated carbocycles. The maximum absolute atomic E-state index is 10.5. The molecule has 6 nitrogen and oxygen atoms in total. The van der Waals surface area contributed by atoms with Crippen LogP contribution < -0.4 is 0 Å². The van der Waals surface area contributed by atoms with Crippen LogP contribution >= 0.6 is 0 Å². The first-order valence-corrected chi connectivity index (χ1v) is 8.72. The zero-order valence-corrected chi connectivity index (χ0v) is 14.5. The van der Waals surface area contributed by atoms with Gasteiger partial charge in [0.1, 0.15) is 6.10 Å². The van der Waals surface area contributed by atoms with E-state index < -0.39 is 30.5 Å². The molecule has 0 aromatic rings. The maximum atomic E-state index is 10.5. The molecule has 4 N–H and O–H groups in total. The number of hydrogen-bond acceptors (Lipinski definition) is 6. The van der Waals surface area contributed by atoms with Crippen LogP contribution in [0.4, 0.5) is 0 Å². The Kier molecular flexibility index (Phi) is 6.44. The SMILES string of the molecule is CC[C@H]1C[C@@H](O)[C@H](C)[C@@H](O)[C@@H]1O[C@@H]1C[C@H](OC)[C@@H](O)[C@H](O)[C@H]1C. The molecule has 2 rings (SSSR count). The van der Waals surface area contributed by atoms with Crippen molar-refractivity contribution < 1.29 is 29.9 Å². The molecule has 0 aromatic heterocycles. The molecule has 23 heavy (non-hydrogen) atoms. The van der Waals surface area contributed by atoms with E-state index in [9.17, 15) is 20.4 Å². The van der Waals surface area contributed by atoms with Gasteiger partial charge in [0.15, 0.2) is 0 Å². The minimum Gasteiger partial charge on any atom is -0.393 e. The summed E-state index contributed by atoms with van der Waals surface area (Å²) in [6, 6.07) is 0. The summed E-state index contributed by atoms with van der Waals surface area (Å²) in [5.41, 5.74) is 0. The molecule has 2 aliphatic carbocycles. The Morgan fingerprint density at radius 1 is 0.870 bits per heavy atom. The summed E-state index contributed by atoms with van der Waals surface area (Å²) in [6.07, 6.45) is -2.33. The van der Waals surface area contributed by atoms with Crippen LogP contribution in [0.5, 0.6) is 0 Å². The fourth-order valence-corrected chi connectivity index (χ4v) is 4.01. The molecular weight excluding hydrogens is 300 g/mol. The summed E-state index contributed by atoms with van der Waals surface area (Å²) in [5.74, 6) is -0.410. The number of methoxy groups -OCH3 is 1. The van der Waals surface area contributed by atoms with E-state index in [0.29, 0.717) is 12.8 Å². The van der Waals surface area contributed by atoms with E-state index in [1.807, 2.05) is 20.8 Å². The van der Waals surface area contributed by atoms with Crippen molar-refractivity contribution in [3.05, 3.63) is 0 Å². The monoisotopic (exact) mass is 332 g/mol. The third-order valence-corrected chi connectivity index (χ3v) is 5.97. The molecule has 0 heterocycles. The minimum absolute atomic E-state index is 0.0772. The van der Waals surface area contributed by atoms with Crippen molar-refractivity contribution in [1.82, 2.24) is 0 Å². The second-order valence-electron chi connectivity index (χ2n) is 7.31. The normalized spacial score (nSPS) is 51.7. The van der Waals surface area contributed by atoms with Crippen LogP contribution in [0.1, 0.15) is 40.0 Å². The van der Waals surface area contributed by atoms with Crippen LogP contribution in [-0.4, -0.2) is 70.3 Å². The molecule has 0 aromatic carbocycles. The van der Waals surface area contributed by atoms with Crippen molar-refractivity contribution >= 4 is 0 Å². The van der Waals surface area contributed by atoms with Crippen LogP contribution in [-0.2, 0) is 9.47 Å². The van der Waals surface area contributed by atoms with E-state index in [1.54, 1.807) is 0 Å². The molecule has 0 aliphatic heterocycles. The third kappa shape index (κ3) is 3.72.